The molecule has 0 radical (unpaired) electrons. The highest BCUT2D eigenvalue weighted by Crippen LogP contribution is 2.37. The van der Waals surface area contributed by atoms with Crippen LogP contribution in [0.1, 0.15) is 31.2 Å². The molecule has 18 heavy (non-hydrogen) atoms. The first kappa shape index (κ1) is 11.5. The number of piperidine rings is 1. The number of fused-ring (bicyclic) bond motifs is 2. The topological polar surface area (TPSA) is 27.0 Å². The summed E-state index contributed by atoms with van der Waals surface area (Å²) in [5, 5.41) is 9.12. The van der Waals surface area contributed by atoms with Gasteiger partial charge in [-0.1, -0.05) is 12.5 Å². The minimum Gasteiger partial charge on any atom is -0.370 e. The van der Waals surface area contributed by atoms with Gasteiger partial charge in [0.1, 0.15) is 17.4 Å². The fourth-order valence-electron chi connectivity index (χ4n) is 3.52. The molecule has 0 amide bonds. The van der Waals surface area contributed by atoms with Gasteiger partial charge in [-0.05, 0) is 43.2 Å². The number of hydrogen-bond acceptors (Lipinski definition) is 2. The van der Waals surface area contributed by atoms with Crippen molar-refractivity contribution in [1.29, 1.82) is 5.26 Å². The maximum atomic E-state index is 13.6. The number of nitriles is 1. The van der Waals surface area contributed by atoms with Gasteiger partial charge < -0.3 is 4.90 Å². The van der Waals surface area contributed by atoms with E-state index in [-0.39, 0.29) is 5.56 Å². The molecule has 1 saturated heterocycles. The van der Waals surface area contributed by atoms with Gasteiger partial charge in [-0.15, -0.1) is 0 Å². The number of anilines is 1. The Balaban J connectivity index is 1.91. The molecule has 2 unspecified atom stereocenters. The van der Waals surface area contributed by atoms with Crippen LogP contribution < -0.4 is 4.90 Å². The van der Waals surface area contributed by atoms with Crippen LogP contribution in [0.4, 0.5) is 10.1 Å². The summed E-state index contributed by atoms with van der Waals surface area (Å²) in [6, 6.07) is 6.96. The molecule has 2 atom stereocenters. The average Bonchev–Trinajstić information content (AvgIpc) is 2.38. The van der Waals surface area contributed by atoms with Crippen LogP contribution in [0.3, 0.4) is 0 Å². The van der Waals surface area contributed by atoms with Gasteiger partial charge in [-0.25, -0.2) is 4.39 Å². The van der Waals surface area contributed by atoms with Crippen LogP contribution in [0.15, 0.2) is 18.2 Å². The Morgan fingerprint density at radius 2 is 1.94 bits per heavy atom. The third-order valence-corrected chi connectivity index (χ3v) is 4.29. The number of benzene rings is 1. The Morgan fingerprint density at radius 1 is 1.22 bits per heavy atom. The highest BCUT2D eigenvalue weighted by molar-refractivity contribution is 5.60. The molecule has 1 saturated carbocycles. The standard InChI is InChI=1S/C15H17FN2/c16-14-5-2-6-15(13(14)8-17)18-9-11-3-1-4-12(7-11)10-18/h2,5-6,11-12H,1,3-4,7,9-10H2. The van der Waals surface area contributed by atoms with E-state index in [0.29, 0.717) is 0 Å². The Labute approximate surface area is 107 Å². The molecule has 1 aromatic rings. The monoisotopic (exact) mass is 244 g/mol. The first-order chi connectivity index (χ1) is 8.78. The molecule has 1 aromatic carbocycles. The van der Waals surface area contributed by atoms with E-state index in [1.807, 2.05) is 12.1 Å². The number of rotatable bonds is 1. The van der Waals surface area contributed by atoms with Gasteiger partial charge in [-0.3, -0.25) is 0 Å². The molecule has 3 rings (SSSR count). The lowest BCUT2D eigenvalue weighted by molar-refractivity contribution is 0.231. The Hall–Kier alpha value is -1.56. The second kappa shape index (κ2) is 4.61. The average molecular weight is 244 g/mol. The van der Waals surface area contributed by atoms with Crippen LogP contribution in [0.2, 0.25) is 0 Å². The van der Waals surface area contributed by atoms with Crippen molar-refractivity contribution in [1.82, 2.24) is 0 Å². The third-order valence-electron chi connectivity index (χ3n) is 4.29. The van der Waals surface area contributed by atoms with E-state index in [2.05, 4.69) is 4.90 Å². The lowest BCUT2D eigenvalue weighted by atomic mass is 9.77. The number of hydrogen-bond donors (Lipinski definition) is 0. The molecule has 0 N–H and O–H groups in total. The summed E-state index contributed by atoms with van der Waals surface area (Å²) in [7, 11) is 0. The summed E-state index contributed by atoms with van der Waals surface area (Å²) < 4.78 is 13.6. The van der Waals surface area contributed by atoms with Gasteiger partial charge in [0.2, 0.25) is 0 Å². The van der Waals surface area contributed by atoms with Crippen molar-refractivity contribution in [3.05, 3.63) is 29.6 Å². The molecule has 2 aliphatic rings. The van der Waals surface area contributed by atoms with Crippen molar-refractivity contribution in [2.24, 2.45) is 11.8 Å². The minimum atomic E-state index is -0.397. The zero-order chi connectivity index (χ0) is 12.5. The van der Waals surface area contributed by atoms with Gasteiger partial charge in [0.15, 0.2) is 0 Å². The van der Waals surface area contributed by atoms with Gasteiger partial charge in [-0.2, -0.15) is 5.26 Å². The highest BCUT2D eigenvalue weighted by Gasteiger charge is 2.31. The van der Waals surface area contributed by atoms with E-state index >= 15 is 0 Å². The second-order valence-electron chi connectivity index (χ2n) is 5.55. The fraction of sp³-hybridized carbons (Fsp3) is 0.533. The maximum absolute atomic E-state index is 13.6. The molecule has 2 bridgehead atoms. The normalized spacial score (nSPS) is 26.8. The van der Waals surface area contributed by atoms with Gasteiger partial charge in [0.05, 0.1) is 5.69 Å². The minimum absolute atomic E-state index is 0.206. The molecule has 0 aromatic heterocycles. The first-order valence-corrected chi connectivity index (χ1v) is 6.71. The Kier molecular flexibility index (Phi) is 2.95. The Morgan fingerprint density at radius 3 is 2.61 bits per heavy atom. The lowest BCUT2D eigenvalue weighted by Gasteiger charge is -2.42. The van der Waals surface area contributed by atoms with Crippen molar-refractivity contribution in [2.45, 2.75) is 25.7 Å². The van der Waals surface area contributed by atoms with Crippen molar-refractivity contribution in [2.75, 3.05) is 18.0 Å². The summed E-state index contributed by atoms with van der Waals surface area (Å²) >= 11 is 0. The summed E-state index contributed by atoms with van der Waals surface area (Å²) in [5.41, 5.74) is 0.992. The molecule has 1 heterocycles. The summed E-state index contributed by atoms with van der Waals surface area (Å²) in [5.74, 6) is 1.06. The molecule has 2 nitrogen and oxygen atoms in total. The van der Waals surface area contributed by atoms with Crippen molar-refractivity contribution in [3.8, 4) is 6.07 Å². The van der Waals surface area contributed by atoms with E-state index < -0.39 is 5.82 Å². The summed E-state index contributed by atoms with van der Waals surface area (Å²) in [6.45, 7) is 1.96. The van der Waals surface area contributed by atoms with Crippen LogP contribution in [0.5, 0.6) is 0 Å². The molecule has 0 spiro atoms. The molecule has 94 valence electrons. The number of nitrogens with zero attached hydrogens (tertiary/aromatic N) is 2. The van der Waals surface area contributed by atoms with Gasteiger partial charge in [0.25, 0.3) is 0 Å². The molecule has 3 heteroatoms. The molecule has 2 fully saturated rings. The largest absolute Gasteiger partial charge is 0.370 e. The molecule has 1 aliphatic heterocycles. The quantitative estimate of drug-likeness (QED) is 0.757. The summed E-state index contributed by atoms with van der Waals surface area (Å²) in [6.07, 6.45) is 5.21. The van der Waals surface area contributed by atoms with Gasteiger partial charge in [0, 0.05) is 13.1 Å². The fourth-order valence-corrected chi connectivity index (χ4v) is 3.52. The van der Waals surface area contributed by atoms with Crippen LogP contribution in [-0.4, -0.2) is 13.1 Å². The third kappa shape index (κ3) is 1.96. The second-order valence-corrected chi connectivity index (χ2v) is 5.55. The van der Waals surface area contributed by atoms with Crippen molar-refractivity contribution >= 4 is 5.69 Å². The van der Waals surface area contributed by atoms with E-state index in [1.165, 1.54) is 31.7 Å². The van der Waals surface area contributed by atoms with Crippen molar-refractivity contribution < 1.29 is 4.39 Å². The predicted molar refractivity (Wildman–Crippen MR) is 68.8 cm³/mol. The summed E-state index contributed by atoms with van der Waals surface area (Å²) in [4.78, 5) is 2.22. The molecular formula is C15H17FN2. The van der Waals surface area contributed by atoms with E-state index in [1.54, 1.807) is 6.07 Å². The first-order valence-electron chi connectivity index (χ1n) is 6.71. The zero-order valence-electron chi connectivity index (χ0n) is 10.4. The van der Waals surface area contributed by atoms with Crippen LogP contribution >= 0.6 is 0 Å². The van der Waals surface area contributed by atoms with E-state index in [9.17, 15) is 4.39 Å². The van der Waals surface area contributed by atoms with Crippen molar-refractivity contribution in [3.63, 3.8) is 0 Å². The van der Waals surface area contributed by atoms with Crippen LogP contribution in [0, 0.1) is 29.0 Å². The highest BCUT2D eigenvalue weighted by atomic mass is 19.1. The Bertz CT molecular complexity index is 480. The molecular weight excluding hydrogens is 227 g/mol. The molecule has 1 aliphatic carbocycles. The maximum Gasteiger partial charge on any atom is 0.143 e. The SMILES string of the molecule is N#Cc1c(F)cccc1N1CC2CCCC(C2)C1. The van der Waals surface area contributed by atoms with E-state index in [4.69, 9.17) is 5.26 Å². The predicted octanol–water partition coefficient (Wildman–Crippen LogP) is 3.32. The van der Waals surface area contributed by atoms with Gasteiger partial charge >= 0.3 is 0 Å². The van der Waals surface area contributed by atoms with Crippen LogP contribution in [0.25, 0.3) is 0 Å². The number of halogens is 1. The lowest BCUT2D eigenvalue weighted by Crippen LogP contribution is -2.43. The van der Waals surface area contributed by atoms with Crippen LogP contribution in [-0.2, 0) is 0 Å². The zero-order valence-corrected chi connectivity index (χ0v) is 10.4. The van der Waals surface area contributed by atoms with E-state index in [0.717, 1.165) is 30.6 Å². The smallest absolute Gasteiger partial charge is 0.143 e.